The molecule has 0 atom stereocenters. The third-order valence-corrected chi connectivity index (χ3v) is 5.61. The summed E-state index contributed by atoms with van der Waals surface area (Å²) >= 11 is 0. The lowest BCUT2D eigenvalue weighted by atomic mass is 9.85. The maximum atomic E-state index is 11.1. The van der Waals surface area contributed by atoms with Crippen molar-refractivity contribution in [2.75, 3.05) is 14.2 Å². The van der Waals surface area contributed by atoms with Crippen molar-refractivity contribution in [1.82, 2.24) is 0 Å². The molecule has 0 fully saturated rings. The van der Waals surface area contributed by atoms with Crippen molar-refractivity contribution in [3.05, 3.63) is 71.8 Å². The van der Waals surface area contributed by atoms with Crippen LogP contribution in [0.4, 0.5) is 0 Å². The zero-order valence-corrected chi connectivity index (χ0v) is 16.8. The minimum Gasteiger partial charge on any atom is -0.507 e. The van der Waals surface area contributed by atoms with E-state index in [2.05, 4.69) is 0 Å². The molecule has 148 valence electrons. The molecule has 4 aromatic carbocycles. The molecule has 2 N–H and O–H groups in total. The number of fused-ring (bicyclic) bond motifs is 2. The highest BCUT2D eigenvalue weighted by atomic mass is 16.5. The van der Waals surface area contributed by atoms with Gasteiger partial charge in [-0.1, -0.05) is 55.5 Å². The Morgan fingerprint density at radius 3 is 1.41 bits per heavy atom. The van der Waals surface area contributed by atoms with Gasteiger partial charge in [0.05, 0.1) is 14.2 Å². The van der Waals surface area contributed by atoms with Gasteiger partial charge in [-0.15, -0.1) is 0 Å². The van der Waals surface area contributed by atoms with Crippen molar-refractivity contribution >= 4 is 21.5 Å². The lowest BCUT2D eigenvalue weighted by Crippen LogP contribution is -2.03. The predicted molar refractivity (Wildman–Crippen MR) is 116 cm³/mol. The normalized spacial score (nSPS) is 11.3. The number of phenolic OH excluding ortho intramolecular Hbond substituents is 2. The molecule has 0 aliphatic rings. The molecule has 0 aromatic heterocycles. The second kappa shape index (κ2) is 7.55. The van der Waals surface area contributed by atoms with Gasteiger partial charge in [0.25, 0.3) is 0 Å². The summed E-state index contributed by atoms with van der Waals surface area (Å²) in [5, 5.41) is 25.4. The smallest absolute Gasteiger partial charge is 0.127 e. The molecule has 0 amide bonds. The van der Waals surface area contributed by atoms with Gasteiger partial charge in [0.1, 0.15) is 23.0 Å². The highest BCUT2D eigenvalue weighted by Crippen LogP contribution is 2.47. The Labute approximate surface area is 169 Å². The first-order chi connectivity index (χ1) is 14.1. The first-order valence-electron chi connectivity index (χ1n) is 9.67. The van der Waals surface area contributed by atoms with Crippen LogP contribution in [0.5, 0.6) is 23.0 Å². The first-order valence-corrected chi connectivity index (χ1v) is 9.67. The number of phenols is 2. The molecule has 0 heterocycles. The van der Waals surface area contributed by atoms with E-state index in [4.69, 9.17) is 9.47 Å². The lowest BCUT2D eigenvalue weighted by Gasteiger charge is -2.22. The SMILES string of the molecule is CCC(c1cc(OC)c2ccccc2c1O)c1cc(OC)c2ccccc2c1O. The van der Waals surface area contributed by atoms with E-state index < -0.39 is 0 Å². The third-order valence-electron chi connectivity index (χ3n) is 5.61. The molecule has 4 nitrogen and oxygen atoms in total. The maximum Gasteiger partial charge on any atom is 0.127 e. The fourth-order valence-corrected chi connectivity index (χ4v) is 4.17. The molecule has 4 aromatic rings. The van der Waals surface area contributed by atoms with Crippen molar-refractivity contribution in [3.63, 3.8) is 0 Å². The summed E-state index contributed by atoms with van der Waals surface area (Å²) in [6.07, 6.45) is 0.685. The largest absolute Gasteiger partial charge is 0.507 e. The molecule has 4 rings (SSSR count). The van der Waals surface area contributed by atoms with Gasteiger partial charge in [-0.2, -0.15) is 0 Å². The van der Waals surface area contributed by atoms with Gasteiger partial charge in [-0.25, -0.2) is 0 Å². The van der Waals surface area contributed by atoms with Crippen LogP contribution in [-0.2, 0) is 0 Å². The fraction of sp³-hybridized carbons (Fsp3) is 0.200. The van der Waals surface area contributed by atoms with Crippen LogP contribution in [0.15, 0.2) is 60.7 Å². The molecular formula is C25H24O4. The Hall–Kier alpha value is -3.40. The van der Waals surface area contributed by atoms with E-state index in [1.54, 1.807) is 14.2 Å². The number of hydrogen-bond donors (Lipinski definition) is 2. The Morgan fingerprint density at radius 1 is 0.690 bits per heavy atom. The van der Waals surface area contributed by atoms with Crippen molar-refractivity contribution in [1.29, 1.82) is 0 Å². The molecule has 0 spiro atoms. The van der Waals surface area contributed by atoms with Crippen LogP contribution in [0.25, 0.3) is 21.5 Å². The summed E-state index contributed by atoms with van der Waals surface area (Å²) in [6.45, 7) is 2.03. The molecule has 0 aliphatic carbocycles. The lowest BCUT2D eigenvalue weighted by molar-refractivity contribution is 0.413. The second-order valence-electron chi connectivity index (χ2n) is 7.09. The number of rotatable bonds is 5. The third kappa shape index (κ3) is 3.01. The van der Waals surface area contributed by atoms with Crippen LogP contribution in [0.1, 0.15) is 30.4 Å². The van der Waals surface area contributed by atoms with Gasteiger partial charge >= 0.3 is 0 Å². The van der Waals surface area contributed by atoms with Crippen LogP contribution in [0, 0.1) is 0 Å². The fourth-order valence-electron chi connectivity index (χ4n) is 4.17. The van der Waals surface area contributed by atoms with E-state index in [-0.39, 0.29) is 17.4 Å². The number of aromatic hydroxyl groups is 2. The molecule has 0 radical (unpaired) electrons. The van der Waals surface area contributed by atoms with E-state index >= 15 is 0 Å². The van der Waals surface area contributed by atoms with Crippen molar-refractivity contribution in [2.24, 2.45) is 0 Å². The Kier molecular flexibility index (Phi) is 4.93. The monoisotopic (exact) mass is 388 g/mol. The molecule has 0 saturated heterocycles. The summed E-state index contributed by atoms with van der Waals surface area (Å²) in [4.78, 5) is 0. The second-order valence-corrected chi connectivity index (χ2v) is 7.09. The number of ether oxygens (including phenoxy) is 2. The highest BCUT2D eigenvalue weighted by molar-refractivity contribution is 5.96. The van der Waals surface area contributed by atoms with Crippen molar-refractivity contribution in [2.45, 2.75) is 19.3 Å². The minimum atomic E-state index is -0.230. The zero-order valence-electron chi connectivity index (χ0n) is 16.8. The highest BCUT2D eigenvalue weighted by Gasteiger charge is 2.24. The Balaban J connectivity index is 2.00. The van der Waals surface area contributed by atoms with Crippen molar-refractivity contribution < 1.29 is 19.7 Å². The van der Waals surface area contributed by atoms with Crippen molar-refractivity contribution in [3.8, 4) is 23.0 Å². The van der Waals surface area contributed by atoms with Gasteiger partial charge in [0.2, 0.25) is 0 Å². The molecular weight excluding hydrogens is 364 g/mol. The van der Waals surface area contributed by atoms with E-state index in [0.717, 1.165) is 32.7 Å². The molecule has 29 heavy (non-hydrogen) atoms. The van der Waals surface area contributed by atoms with Gasteiger partial charge < -0.3 is 19.7 Å². The number of hydrogen-bond acceptors (Lipinski definition) is 4. The van der Waals surface area contributed by atoms with Crippen LogP contribution in [0.2, 0.25) is 0 Å². The summed E-state index contributed by atoms with van der Waals surface area (Å²) in [7, 11) is 3.25. The maximum absolute atomic E-state index is 11.1. The van der Waals surface area contributed by atoms with E-state index in [9.17, 15) is 10.2 Å². The summed E-state index contributed by atoms with van der Waals surface area (Å²) in [5.74, 6) is 1.57. The average molecular weight is 388 g/mol. The van der Waals surface area contributed by atoms with E-state index in [1.807, 2.05) is 67.6 Å². The molecule has 0 saturated carbocycles. The Bertz CT molecular complexity index is 1100. The van der Waals surface area contributed by atoms with Gasteiger partial charge in [-0.05, 0) is 18.6 Å². The molecule has 4 heteroatoms. The summed E-state index contributed by atoms with van der Waals surface area (Å²) in [5.41, 5.74) is 1.44. The minimum absolute atomic E-state index is 0.208. The van der Waals surface area contributed by atoms with Gasteiger partial charge in [0.15, 0.2) is 0 Å². The van der Waals surface area contributed by atoms with Crippen LogP contribution >= 0.6 is 0 Å². The van der Waals surface area contributed by atoms with Gasteiger partial charge in [0, 0.05) is 38.6 Å². The van der Waals surface area contributed by atoms with Crippen LogP contribution in [0.3, 0.4) is 0 Å². The first kappa shape index (κ1) is 18.9. The zero-order chi connectivity index (χ0) is 20.5. The van der Waals surface area contributed by atoms with E-state index in [0.29, 0.717) is 17.9 Å². The van der Waals surface area contributed by atoms with Crippen LogP contribution in [-0.4, -0.2) is 24.4 Å². The number of benzene rings is 4. The molecule has 0 unspecified atom stereocenters. The molecule has 0 bridgehead atoms. The summed E-state index contributed by atoms with van der Waals surface area (Å²) < 4.78 is 11.2. The topological polar surface area (TPSA) is 58.9 Å². The number of methoxy groups -OCH3 is 2. The molecule has 0 aliphatic heterocycles. The predicted octanol–water partition coefficient (Wildman–Crippen LogP) is 5.96. The quantitative estimate of drug-likeness (QED) is 0.443. The Morgan fingerprint density at radius 2 is 1.07 bits per heavy atom. The standard InChI is InChI=1S/C25H24O4/c1-4-15(20-13-22(28-2)16-9-5-7-11-18(16)24(20)26)21-14-23(29-3)17-10-6-8-12-19(17)25(21)27/h5-15,26-27H,4H2,1-3H3. The van der Waals surface area contributed by atoms with E-state index in [1.165, 1.54) is 0 Å². The average Bonchev–Trinajstić information content (AvgIpc) is 2.77. The summed E-state index contributed by atoms with van der Waals surface area (Å²) in [6, 6.07) is 19.0. The van der Waals surface area contributed by atoms with Crippen LogP contribution < -0.4 is 9.47 Å². The van der Waals surface area contributed by atoms with Gasteiger partial charge in [-0.3, -0.25) is 0 Å².